The van der Waals surface area contributed by atoms with Crippen LogP contribution in [-0.2, 0) is 21.3 Å². The van der Waals surface area contributed by atoms with Crippen LogP contribution < -0.4 is 10.6 Å². The highest BCUT2D eigenvalue weighted by atomic mass is 32.2. The summed E-state index contributed by atoms with van der Waals surface area (Å²) in [5.74, 6) is 1.42. The number of piperazine rings is 1. The molecule has 2 N–H and O–H groups in total. The Morgan fingerprint density at radius 1 is 1.03 bits per heavy atom. The second-order valence-corrected chi connectivity index (χ2v) is 10.1. The summed E-state index contributed by atoms with van der Waals surface area (Å²) in [6.45, 7) is 5.55. The summed E-state index contributed by atoms with van der Waals surface area (Å²) in [6.07, 6.45) is 4.44. The summed E-state index contributed by atoms with van der Waals surface area (Å²) in [5.41, 5.74) is 7.92. The van der Waals surface area contributed by atoms with Gasteiger partial charge in [-0.05, 0) is 6.07 Å². The number of fused-ring (bicyclic) bond motifs is 1. The average Bonchev–Trinajstić information content (AvgIpc) is 3.21. The number of rotatable bonds is 5. The third kappa shape index (κ3) is 4.73. The molecule has 33 heavy (non-hydrogen) atoms. The molecule has 2 aliphatic rings. The molecule has 0 bridgehead atoms. The summed E-state index contributed by atoms with van der Waals surface area (Å²) in [5, 5.41) is 9.30. The van der Waals surface area contributed by atoms with Gasteiger partial charge in [-0.3, -0.25) is 4.90 Å². The number of sulfonamides is 1. The molecule has 2 saturated heterocycles. The van der Waals surface area contributed by atoms with Crippen molar-refractivity contribution in [3.8, 4) is 11.4 Å². The molecule has 0 saturated carbocycles. The molecule has 14 heteroatoms. The van der Waals surface area contributed by atoms with Crippen molar-refractivity contribution >= 4 is 27.3 Å². The Hall–Kier alpha value is -2.94. The molecule has 0 unspecified atom stereocenters. The van der Waals surface area contributed by atoms with E-state index < -0.39 is 10.0 Å². The molecule has 3 aromatic heterocycles. The number of anilines is 2. The zero-order valence-electron chi connectivity index (χ0n) is 18.3. The lowest BCUT2D eigenvalue weighted by Crippen LogP contribution is -2.47. The molecule has 13 nitrogen and oxygen atoms in total. The van der Waals surface area contributed by atoms with E-state index in [1.54, 1.807) is 17.0 Å². The number of nitrogens with zero attached hydrogens (tertiary/aromatic N) is 9. The number of ether oxygens (including phenoxy) is 1. The lowest BCUT2D eigenvalue weighted by atomic mass is 10.3. The molecule has 176 valence electrons. The van der Waals surface area contributed by atoms with Crippen LogP contribution in [0.25, 0.3) is 16.9 Å². The van der Waals surface area contributed by atoms with Crippen LogP contribution in [0.5, 0.6) is 0 Å². The fourth-order valence-electron chi connectivity index (χ4n) is 4.03. The summed E-state index contributed by atoms with van der Waals surface area (Å²) in [6, 6.07) is 2.00. The fraction of sp³-hybridized carbons (Fsp3) is 0.526. The van der Waals surface area contributed by atoms with Crippen molar-refractivity contribution in [2.45, 2.75) is 6.54 Å². The number of hydrogen-bond acceptors (Lipinski definition) is 11. The highest BCUT2D eigenvalue weighted by molar-refractivity contribution is 7.88. The number of nitrogens with two attached hydrogens (primary N) is 1. The topological polar surface area (TPSA) is 148 Å². The van der Waals surface area contributed by atoms with E-state index >= 15 is 0 Å². The van der Waals surface area contributed by atoms with Crippen molar-refractivity contribution in [2.24, 2.45) is 0 Å². The van der Waals surface area contributed by atoms with Gasteiger partial charge < -0.3 is 15.4 Å². The van der Waals surface area contributed by atoms with Gasteiger partial charge in [0.1, 0.15) is 5.52 Å². The van der Waals surface area contributed by atoms with E-state index in [0.717, 1.165) is 30.1 Å². The molecule has 3 aromatic rings. The minimum absolute atomic E-state index is 0.186. The highest BCUT2D eigenvalue weighted by Gasteiger charge is 2.25. The van der Waals surface area contributed by atoms with Crippen LogP contribution in [0, 0.1) is 0 Å². The maximum absolute atomic E-state index is 11.8. The van der Waals surface area contributed by atoms with Crippen LogP contribution >= 0.6 is 0 Å². The third-order valence-corrected chi connectivity index (χ3v) is 7.10. The van der Waals surface area contributed by atoms with E-state index in [1.165, 1.54) is 10.6 Å². The van der Waals surface area contributed by atoms with Gasteiger partial charge in [-0.15, -0.1) is 9.73 Å². The van der Waals surface area contributed by atoms with Gasteiger partial charge in [0.05, 0.1) is 30.7 Å². The Morgan fingerprint density at radius 3 is 2.39 bits per heavy atom. The van der Waals surface area contributed by atoms with Gasteiger partial charge in [0.2, 0.25) is 16.0 Å². The molecule has 2 aliphatic heterocycles. The van der Waals surface area contributed by atoms with Gasteiger partial charge >= 0.3 is 0 Å². The largest absolute Gasteiger partial charge is 0.378 e. The van der Waals surface area contributed by atoms with E-state index in [1.807, 2.05) is 6.07 Å². The Kier molecular flexibility index (Phi) is 5.82. The van der Waals surface area contributed by atoms with Gasteiger partial charge in [-0.2, -0.15) is 9.40 Å². The minimum Gasteiger partial charge on any atom is -0.378 e. The lowest BCUT2D eigenvalue weighted by Gasteiger charge is -2.32. The molecule has 0 amide bonds. The smallest absolute Gasteiger partial charge is 0.219 e. The zero-order chi connectivity index (χ0) is 23.0. The van der Waals surface area contributed by atoms with E-state index in [4.69, 9.17) is 20.6 Å². The average molecular weight is 475 g/mol. The third-order valence-electron chi connectivity index (χ3n) is 5.80. The molecular formula is C19H26N10O3S. The Morgan fingerprint density at radius 2 is 1.73 bits per heavy atom. The van der Waals surface area contributed by atoms with Gasteiger partial charge in [-0.1, -0.05) is 0 Å². The summed E-state index contributed by atoms with van der Waals surface area (Å²) in [7, 11) is -3.16. The molecule has 0 atom stereocenters. The molecule has 0 aliphatic carbocycles. The number of nitrogen functional groups attached to an aromatic ring is 1. The second kappa shape index (κ2) is 8.78. The van der Waals surface area contributed by atoms with Crippen molar-refractivity contribution in [3.05, 3.63) is 24.2 Å². The van der Waals surface area contributed by atoms with E-state index in [9.17, 15) is 8.42 Å². The predicted molar refractivity (Wildman–Crippen MR) is 121 cm³/mol. The predicted octanol–water partition coefficient (Wildman–Crippen LogP) is -0.923. The van der Waals surface area contributed by atoms with Crippen molar-refractivity contribution < 1.29 is 13.2 Å². The van der Waals surface area contributed by atoms with Crippen molar-refractivity contribution in [2.75, 3.05) is 69.4 Å². The Balaban J connectivity index is 1.45. The normalized spacial score (nSPS) is 18.8. The number of aromatic nitrogens is 6. The van der Waals surface area contributed by atoms with Gasteiger partial charge in [0.25, 0.3) is 0 Å². The van der Waals surface area contributed by atoms with E-state index in [2.05, 4.69) is 24.9 Å². The van der Waals surface area contributed by atoms with Crippen LogP contribution in [-0.4, -0.2) is 106 Å². The monoisotopic (exact) mass is 474 g/mol. The first-order valence-corrected chi connectivity index (χ1v) is 12.6. The summed E-state index contributed by atoms with van der Waals surface area (Å²) < 4.78 is 32.2. The van der Waals surface area contributed by atoms with Crippen molar-refractivity contribution in [1.29, 1.82) is 0 Å². The molecule has 0 radical (unpaired) electrons. The standard InChI is InChI=1S/C19H26N10O3S/c1-33(30,31)28-4-2-26(3-5-28)13-15-10-16-18(27-6-8-32-9-7-27)23-17(25-29(16)24-15)14-11-21-19(20)22-12-14/h10-12H,2-9,13H2,1H3,(H2,20,21,22). The molecule has 0 aromatic carbocycles. The van der Waals surface area contributed by atoms with Crippen LogP contribution in [0.4, 0.5) is 11.8 Å². The van der Waals surface area contributed by atoms with E-state index in [0.29, 0.717) is 57.3 Å². The quantitative estimate of drug-likeness (QED) is 0.489. The molecule has 2 fully saturated rings. The van der Waals surface area contributed by atoms with E-state index in [-0.39, 0.29) is 5.95 Å². The summed E-state index contributed by atoms with van der Waals surface area (Å²) >= 11 is 0. The van der Waals surface area contributed by atoms with Crippen LogP contribution in [0.2, 0.25) is 0 Å². The van der Waals surface area contributed by atoms with Crippen LogP contribution in [0.3, 0.4) is 0 Å². The fourth-order valence-corrected chi connectivity index (χ4v) is 4.86. The van der Waals surface area contributed by atoms with Crippen molar-refractivity contribution in [1.82, 2.24) is 39.0 Å². The number of morpholine rings is 1. The second-order valence-electron chi connectivity index (χ2n) is 8.14. The van der Waals surface area contributed by atoms with Crippen molar-refractivity contribution in [3.63, 3.8) is 0 Å². The Labute approximate surface area is 191 Å². The van der Waals surface area contributed by atoms with Gasteiger partial charge in [0.15, 0.2) is 11.6 Å². The maximum Gasteiger partial charge on any atom is 0.219 e. The van der Waals surface area contributed by atoms with Gasteiger partial charge in [-0.25, -0.2) is 23.4 Å². The van der Waals surface area contributed by atoms with Crippen LogP contribution in [0.15, 0.2) is 18.5 Å². The molecule has 0 spiro atoms. The van der Waals surface area contributed by atoms with Gasteiger partial charge in [0, 0.05) is 58.2 Å². The molecule has 5 heterocycles. The maximum atomic E-state index is 11.8. The summed E-state index contributed by atoms with van der Waals surface area (Å²) in [4.78, 5) is 17.3. The number of hydrogen-bond donors (Lipinski definition) is 1. The first-order chi connectivity index (χ1) is 15.9. The first kappa shape index (κ1) is 21.9. The Bertz CT molecular complexity index is 1230. The molecule has 5 rings (SSSR count). The SMILES string of the molecule is CS(=O)(=O)N1CCN(Cc2cc3c(N4CCOCC4)nc(-c4cnc(N)nc4)nn3n2)CC1. The highest BCUT2D eigenvalue weighted by Crippen LogP contribution is 2.25. The van der Waals surface area contributed by atoms with Crippen LogP contribution in [0.1, 0.15) is 5.69 Å². The lowest BCUT2D eigenvalue weighted by molar-refractivity contribution is 0.122. The first-order valence-electron chi connectivity index (χ1n) is 10.7. The zero-order valence-corrected chi connectivity index (χ0v) is 19.1. The minimum atomic E-state index is -3.16. The molecular weight excluding hydrogens is 448 g/mol.